The Morgan fingerprint density at radius 3 is 3.18 bits per heavy atom. The molecule has 1 amide bonds. The number of nitriles is 1. The molecule has 0 aromatic heterocycles. The van der Waals surface area contributed by atoms with Gasteiger partial charge < -0.3 is 9.64 Å². The molecule has 11 heavy (non-hydrogen) atoms. The van der Waals surface area contributed by atoms with Crippen LogP contribution in [-0.2, 0) is 4.74 Å². The number of nitrogens with zero attached hydrogens (tertiary/aromatic N) is 2. The van der Waals surface area contributed by atoms with Crippen LogP contribution in [0.15, 0.2) is 0 Å². The van der Waals surface area contributed by atoms with Crippen molar-refractivity contribution < 1.29 is 9.53 Å². The minimum absolute atomic E-state index is 0.0212. The van der Waals surface area contributed by atoms with E-state index in [1.165, 1.54) is 0 Å². The van der Waals surface area contributed by atoms with E-state index in [9.17, 15) is 4.79 Å². The Bertz CT molecular complexity index is 233. The van der Waals surface area contributed by atoms with Crippen molar-refractivity contribution in [1.82, 2.24) is 4.90 Å². The minimum atomic E-state index is -0.257. The van der Waals surface area contributed by atoms with E-state index in [4.69, 9.17) is 10.00 Å². The second kappa shape index (κ2) is 2.12. The lowest BCUT2D eigenvalue weighted by Gasteiger charge is -2.08. The molecule has 0 radical (unpaired) electrons. The number of fused-ring (bicyclic) bond motifs is 1. The summed E-state index contributed by atoms with van der Waals surface area (Å²) in [6.45, 7) is 1.02. The van der Waals surface area contributed by atoms with Crippen LogP contribution in [0.3, 0.4) is 0 Å². The van der Waals surface area contributed by atoms with Gasteiger partial charge >= 0.3 is 6.09 Å². The molecule has 0 N–H and O–H groups in total. The zero-order chi connectivity index (χ0) is 7.84. The van der Waals surface area contributed by atoms with Gasteiger partial charge in [0.15, 0.2) is 0 Å². The second-order valence-electron chi connectivity index (χ2n) is 2.94. The van der Waals surface area contributed by atoms with Crippen LogP contribution < -0.4 is 0 Å². The summed E-state index contributed by atoms with van der Waals surface area (Å²) in [5.74, 6) is 0.0212. The largest absolute Gasteiger partial charge is 0.447 e. The van der Waals surface area contributed by atoms with Crippen molar-refractivity contribution in [2.45, 2.75) is 12.5 Å². The van der Waals surface area contributed by atoms with E-state index in [1.54, 1.807) is 4.90 Å². The van der Waals surface area contributed by atoms with E-state index >= 15 is 0 Å². The molecule has 2 fully saturated rings. The van der Waals surface area contributed by atoms with Crippen molar-refractivity contribution in [3.63, 3.8) is 0 Å². The highest BCUT2D eigenvalue weighted by molar-refractivity contribution is 5.70. The van der Waals surface area contributed by atoms with Crippen LogP contribution in [0.5, 0.6) is 0 Å². The molecular formula is C7H8N2O2. The monoisotopic (exact) mass is 152 g/mol. The van der Waals surface area contributed by atoms with Gasteiger partial charge in [-0.25, -0.2) is 4.79 Å². The molecule has 0 bridgehead atoms. The fourth-order valence-electron chi connectivity index (χ4n) is 1.64. The first-order valence-electron chi connectivity index (χ1n) is 3.64. The van der Waals surface area contributed by atoms with Crippen molar-refractivity contribution in [2.24, 2.45) is 5.92 Å². The molecule has 2 aliphatic heterocycles. The summed E-state index contributed by atoms with van der Waals surface area (Å²) in [5.41, 5.74) is 0. The number of hydrogen-bond acceptors (Lipinski definition) is 3. The molecule has 0 spiro atoms. The van der Waals surface area contributed by atoms with Crippen molar-refractivity contribution in [3.8, 4) is 6.07 Å². The van der Waals surface area contributed by atoms with Crippen molar-refractivity contribution in [3.05, 3.63) is 0 Å². The van der Waals surface area contributed by atoms with Crippen LogP contribution in [0.1, 0.15) is 6.42 Å². The maximum Gasteiger partial charge on any atom is 0.410 e. The lowest BCUT2D eigenvalue weighted by molar-refractivity contribution is 0.158. The van der Waals surface area contributed by atoms with Crippen LogP contribution in [0, 0.1) is 17.2 Å². The van der Waals surface area contributed by atoms with Crippen LogP contribution >= 0.6 is 0 Å². The fourth-order valence-corrected chi connectivity index (χ4v) is 1.64. The first-order chi connectivity index (χ1) is 5.31. The number of hydrogen-bond donors (Lipinski definition) is 0. The van der Waals surface area contributed by atoms with Crippen molar-refractivity contribution >= 4 is 6.09 Å². The molecule has 2 aliphatic rings. The van der Waals surface area contributed by atoms with Gasteiger partial charge in [-0.05, 0) is 6.42 Å². The van der Waals surface area contributed by atoms with Gasteiger partial charge in [-0.15, -0.1) is 0 Å². The van der Waals surface area contributed by atoms with Gasteiger partial charge in [0.1, 0.15) is 6.61 Å². The summed E-state index contributed by atoms with van der Waals surface area (Å²) < 4.78 is 4.79. The zero-order valence-corrected chi connectivity index (χ0v) is 5.99. The van der Waals surface area contributed by atoms with Crippen LogP contribution in [0.2, 0.25) is 0 Å². The first-order valence-corrected chi connectivity index (χ1v) is 3.64. The zero-order valence-electron chi connectivity index (χ0n) is 5.99. The van der Waals surface area contributed by atoms with Crippen LogP contribution in [0.4, 0.5) is 4.79 Å². The summed E-state index contributed by atoms with van der Waals surface area (Å²) in [6, 6.07) is 2.34. The third-order valence-corrected chi connectivity index (χ3v) is 2.23. The molecule has 0 aliphatic carbocycles. The van der Waals surface area contributed by atoms with Gasteiger partial charge in [0, 0.05) is 6.54 Å². The highest BCUT2D eigenvalue weighted by Crippen LogP contribution is 2.27. The summed E-state index contributed by atoms with van der Waals surface area (Å²) in [5, 5.41) is 8.58. The molecule has 0 aromatic rings. The molecule has 2 unspecified atom stereocenters. The molecule has 2 heterocycles. The van der Waals surface area contributed by atoms with Gasteiger partial charge in [-0.1, -0.05) is 0 Å². The molecule has 2 rings (SSSR count). The summed E-state index contributed by atoms with van der Waals surface area (Å²) in [4.78, 5) is 12.6. The van der Waals surface area contributed by atoms with E-state index < -0.39 is 0 Å². The van der Waals surface area contributed by atoms with Gasteiger partial charge in [0.25, 0.3) is 0 Å². The predicted octanol–water partition coefficient (Wildman–Crippen LogP) is 0.351. The van der Waals surface area contributed by atoms with Crippen LogP contribution in [0.25, 0.3) is 0 Å². The lowest BCUT2D eigenvalue weighted by Crippen LogP contribution is -2.27. The van der Waals surface area contributed by atoms with Crippen molar-refractivity contribution in [1.29, 1.82) is 5.26 Å². The predicted molar refractivity (Wildman–Crippen MR) is 35.6 cm³/mol. The SMILES string of the molecule is N#CC1CC2COC(=O)N2C1. The summed E-state index contributed by atoms with van der Waals surface area (Å²) in [7, 11) is 0. The first kappa shape index (κ1) is 6.47. The Labute approximate surface area is 64.3 Å². The van der Waals surface area contributed by atoms with E-state index in [-0.39, 0.29) is 18.1 Å². The maximum atomic E-state index is 10.9. The van der Waals surface area contributed by atoms with E-state index in [0.29, 0.717) is 13.2 Å². The minimum Gasteiger partial charge on any atom is -0.447 e. The quantitative estimate of drug-likeness (QED) is 0.503. The second-order valence-corrected chi connectivity index (χ2v) is 2.94. The fraction of sp³-hybridized carbons (Fsp3) is 0.714. The van der Waals surface area contributed by atoms with Crippen LogP contribution in [-0.4, -0.2) is 30.2 Å². The average Bonchev–Trinajstić information content (AvgIpc) is 2.53. The van der Waals surface area contributed by atoms with Gasteiger partial charge in [-0.3, -0.25) is 0 Å². The standard InChI is InChI=1S/C7H8N2O2/c8-2-5-1-6-4-11-7(10)9(6)3-5/h5-6H,1,3-4H2. The van der Waals surface area contributed by atoms with Gasteiger partial charge in [0.05, 0.1) is 18.0 Å². The normalized spacial score (nSPS) is 34.8. The number of cyclic esters (lactones) is 1. The van der Waals surface area contributed by atoms with E-state index in [0.717, 1.165) is 6.42 Å². The molecule has 2 atom stereocenters. The third-order valence-electron chi connectivity index (χ3n) is 2.23. The van der Waals surface area contributed by atoms with E-state index in [1.807, 2.05) is 0 Å². The Kier molecular flexibility index (Phi) is 1.25. The molecule has 0 saturated carbocycles. The number of carbonyl (C=O) groups is 1. The number of rotatable bonds is 0. The Morgan fingerprint density at radius 1 is 1.73 bits per heavy atom. The van der Waals surface area contributed by atoms with E-state index in [2.05, 4.69) is 6.07 Å². The molecule has 58 valence electrons. The Hall–Kier alpha value is -1.24. The average molecular weight is 152 g/mol. The van der Waals surface area contributed by atoms with Gasteiger partial charge in [0.2, 0.25) is 0 Å². The van der Waals surface area contributed by atoms with Gasteiger partial charge in [-0.2, -0.15) is 5.26 Å². The lowest BCUT2D eigenvalue weighted by atomic mass is 10.1. The Balaban J connectivity index is 2.11. The smallest absolute Gasteiger partial charge is 0.410 e. The topological polar surface area (TPSA) is 53.3 Å². The molecule has 4 nitrogen and oxygen atoms in total. The molecule has 4 heteroatoms. The molecule has 0 aromatic carbocycles. The Morgan fingerprint density at radius 2 is 2.55 bits per heavy atom. The summed E-state index contributed by atoms with van der Waals surface area (Å²) in [6.07, 6.45) is 0.523. The third kappa shape index (κ3) is 0.845. The molecule has 2 saturated heterocycles. The number of amides is 1. The number of carbonyl (C=O) groups excluding carboxylic acids is 1. The summed E-state index contributed by atoms with van der Waals surface area (Å²) >= 11 is 0. The molecular weight excluding hydrogens is 144 g/mol. The highest BCUT2D eigenvalue weighted by atomic mass is 16.6. The number of ether oxygens (including phenoxy) is 1. The highest BCUT2D eigenvalue weighted by Gasteiger charge is 2.41. The van der Waals surface area contributed by atoms with Crippen molar-refractivity contribution in [2.75, 3.05) is 13.2 Å². The maximum absolute atomic E-state index is 10.9.